The van der Waals surface area contributed by atoms with Crippen LogP contribution in [0.15, 0.2) is 12.3 Å². The van der Waals surface area contributed by atoms with Crippen molar-refractivity contribution in [2.45, 2.75) is 20.3 Å². The van der Waals surface area contributed by atoms with E-state index in [4.69, 9.17) is 16.3 Å². The van der Waals surface area contributed by atoms with E-state index in [1.807, 2.05) is 6.92 Å². The smallest absolute Gasteiger partial charge is 0.357 e. The molecule has 0 atom stereocenters. The molecule has 0 aliphatic rings. The lowest BCUT2D eigenvalue weighted by Gasteiger charge is -2.02. The highest BCUT2D eigenvalue weighted by molar-refractivity contribution is 6.29. The number of ether oxygens (including phenoxy) is 1. The van der Waals surface area contributed by atoms with Crippen LogP contribution in [0, 0.1) is 0 Å². The van der Waals surface area contributed by atoms with Crippen LogP contribution in [0.4, 0.5) is 0 Å². The van der Waals surface area contributed by atoms with Gasteiger partial charge in [-0.05, 0) is 19.4 Å². The highest BCUT2D eigenvalue weighted by Gasteiger charge is 2.19. The van der Waals surface area contributed by atoms with Crippen molar-refractivity contribution in [3.05, 3.63) is 28.8 Å². The monoisotopic (exact) mass is 253 g/mol. The predicted octanol–water partition coefficient (Wildman–Crippen LogP) is 2.12. The van der Waals surface area contributed by atoms with Crippen LogP contribution in [0.1, 0.15) is 30.0 Å². The summed E-state index contributed by atoms with van der Waals surface area (Å²) in [7, 11) is 0. The zero-order chi connectivity index (χ0) is 12.4. The summed E-state index contributed by atoms with van der Waals surface area (Å²) in [5.74, 6) is 0.0263. The Labute approximate surface area is 103 Å². The number of esters is 1. The topological polar surface area (TPSA) is 56.5 Å². The average molecular weight is 254 g/mol. The molecule has 0 saturated carbocycles. The van der Waals surface area contributed by atoms with E-state index in [0.717, 1.165) is 0 Å². The molecule has 0 amide bonds. The van der Waals surface area contributed by atoms with Gasteiger partial charge in [-0.2, -0.15) is 0 Å². The normalized spacial score (nSPS) is 10.8. The number of imidazole rings is 1. The van der Waals surface area contributed by atoms with E-state index >= 15 is 0 Å². The standard InChI is InChI=1S/C11H12ClN3O2/c1-3-7-9(10(16)17-4-2)15-6-5-8(12)14-11(15)13-7/h5-6H,3-4H2,1-2H3. The Balaban J connectivity index is 2.62. The summed E-state index contributed by atoms with van der Waals surface area (Å²) in [6.07, 6.45) is 2.30. The van der Waals surface area contributed by atoms with Crippen molar-refractivity contribution in [2.24, 2.45) is 0 Å². The first-order valence-corrected chi connectivity index (χ1v) is 5.75. The highest BCUT2D eigenvalue weighted by atomic mass is 35.5. The van der Waals surface area contributed by atoms with E-state index in [1.165, 1.54) is 0 Å². The van der Waals surface area contributed by atoms with Crippen molar-refractivity contribution in [1.29, 1.82) is 0 Å². The molecular weight excluding hydrogens is 242 g/mol. The molecule has 17 heavy (non-hydrogen) atoms. The molecule has 2 aromatic rings. The third kappa shape index (κ3) is 2.10. The molecule has 6 heteroatoms. The van der Waals surface area contributed by atoms with Crippen LogP contribution in [0.25, 0.3) is 5.78 Å². The Morgan fingerprint density at radius 2 is 2.24 bits per heavy atom. The van der Waals surface area contributed by atoms with E-state index < -0.39 is 0 Å². The zero-order valence-electron chi connectivity index (χ0n) is 9.61. The van der Waals surface area contributed by atoms with Crippen molar-refractivity contribution in [2.75, 3.05) is 6.61 Å². The number of rotatable bonds is 3. The van der Waals surface area contributed by atoms with E-state index in [2.05, 4.69) is 9.97 Å². The Morgan fingerprint density at radius 3 is 2.88 bits per heavy atom. The molecular formula is C11H12ClN3O2. The Bertz CT molecular complexity index is 565. The molecule has 2 heterocycles. The van der Waals surface area contributed by atoms with Gasteiger partial charge < -0.3 is 4.74 Å². The summed E-state index contributed by atoms with van der Waals surface area (Å²) in [6, 6.07) is 1.61. The molecule has 5 nitrogen and oxygen atoms in total. The van der Waals surface area contributed by atoms with Gasteiger partial charge in [0, 0.05) is 6.20 Å². The van der Waals surface area contributed by atoms with Gasteiger partial charge in [0.15, 0.2) is 5.69 Å². The summed E-state index contributed by atoms with van der Waals surface area (Å²) in [5.41, 5.74) is 1.09. The van der Waals surface area contributed by atoms with Crippen LogP contribution < -0.4 is 0 Å². The molecule has 2 aromatic heterocycles. The van der Waals surface area contributed by atoms with Gasteiger partial charge in [0.2, 0.25) is 5.78 Å². The minimum atomic E-state index is -0.388. The average Bonchev–Trinajstić information content (AvgIpc) is 2.66. The minimum Gasteiger partial charge on any atom is -0.461 e. The van der Waals surface area contributed by atoms with E-state index in [-0.39, 0.29) is 5.97 Å². The first-order valence-electron chi connectivity index (χ1n) is 5.38. The van der Waals surface area contributed by atoms with E-state index in [1.54, 1.807) is 23.6 Å². The quantitative estimate of drug-likeness (QED) is 0.621. The maximum atomic E-state index is 11.8. The largest absolute Gasteiger partial charge is 0.461 e. The number of aromatic nitrogens is 3. The molecule has 0 spiro atoms. The van der Waals surface area contributed by atoms with Gasteiger partial charge in [0.25, 0.3) is 0 Å². The zero-order valence-corrected chi connectivity index (χ0v) is 10.4. The molecule has 0 fully saturated rings. The van der Waals surface area contributed by atoms with Crippen LogP contribution in [0.2, 0.25) is 5.15 Å². The second-order valence-electron chi connectivity index (χ2n) is 3.40. The van der Waals surface area contributed by atoms with Crippen molar-refractivity contribution in [3.63, 3.8) is 0 Å². The van der Waals surface area contributed by atoms with Gasteiger partial charge in [-0.1, -0.05) is 18.5 Å². The van der Waals surface area contributed by atoms with Crippen molar-refractivity contribution < 1.29 is 9.53 Å². The fraction of sp³-hybridized carbons (Fsp3) is 0.364. The predicted molar refractivity (Wildman–Crippen MR) is 63.3 cm³/mol. The van der Waals surface area contributed by atoms with Gasteiger partial charge in [-0.15, -0.1) is 0 Å². The lowest BCUT2D eigenvalue weighted by Crippen LogP contribution is -2.10. The van der Waals surface area contributed by atoms with Crippen LogP contribution in [0.5, 0.6) is 0 Å². The summed E-state index contributed by atoms with van der Waals surface area (Å²) in [4.78, 5) is 20.2. The van der Waals surface area contributed by atoms with Gasteiger partial charge in [0.05, 0.1) is 12.3 Å². The van der Waals surface area contributed by atoms with Gasteiger partial charge in [0.1, 0.15) is 5.15 Å². The Hall–Kier alpha value is -1.62. The molecule has 0 aliphatic carbocycles. The summed E-state index contributed by atoms with van der Waals surface area (Å²) in [6.45, 7) is 4.02. The van der Waals surface area contributed by atoms with Crippen LogP contribution in [0.3, 0.4) is 0 Å². The number of nitrogens with zero attached hydrogens (tertiary/aromatic N) is 3. The van der Waals surface area contributed by atoms with Gasteiger partial charge in [-0.25, -0.2) is 14.8 Å². The fourth-order valence-corrected chi connectivity index (χ4v) is 1.75. The number of fused-ring (bicyclic) bond motifs is 1. The number of halogens is 1. The Morgan fingerprint density at radius 1 is 1.47 bits per heavy atom. The second-order valence-corrected chi connectivity index (χ2v) is 3.79. The highest BCUT2D eigenvalue weighted by Crippen LogP contribution is 2.15. The second kappa shape index (κ2) is 4.71. The lowest BCUT2D eigenvalue weighted by atomic mass is 10.2. The first-order chi connectivity index (χ1) is 8.17. The van der Waals surface area contributed by atoms with Crippen molar-refractivity contribution in [3.8, 4) is 0 Å². The fourth-order valence-electron chi connectivity index (χ4n) is 1.62. The lowest BCUT2D eigenvalue weighted by molar-refractivity contribution is 0.0517. The van der Waals surface area contributed by atoms with Crippen LogP contribution in [-0.4, -0.2) is 26.9 Å². The SMILES string of the molecule is CCOC(=O)c1c(CC)nc2nc(Cl)ccn12. The molecule has 90 valence electrons. The van der Waals surface area contributed by atoms with Crippen molar-refractivity contribution in [1.82, 2.24) is 14.4 Å². The number of hydrogen-bond acceptors (Lipinski definition) is 4. The molecule has 0 radical (unpaired) electrons. The van der Waals surface area contributed by atoms with Crippen LogP contribution >= 0.6 is 11.6 Å². The summed E-state index contributed by atoms with van der Waals surface area (Å²) in [5, 5.41) is 0.348. The molecule has 0 aromatic carbocycles. The number of hydrogen-bond donors (Lipinski definition) is 0. The summed E-state index contributed by atoms with van der Waals surface area (Å²) < 4.78 is 6.61. The molecule has 0 aliphatic heterocycles. The number of carbonyl (C=O) groups excluding carboxylic acids is 1. The molecule has 0 saturated heterocycles. The number of aryl methyl sites for hydroxylation is 1. The molecule has 0 unspecified atom stereocenters. The third-order valence-electron chi connectivity index (χ3n) is 2.34. The van der Waals surface area contributed by atoms with E-state index in [0.29, 0.717) is 35.3 Å². The summed E-state index contributed by atoms with van der Waals surface area (Å²) >= 11 is 5.78. The van der Waals surface area contributed by atoms with Crippen LogP contribution in [-0.2, 0) is 11.2 Å². The molecule has 0 N–H and O–H groups in total. The number of carbonyl (C=O) groups is 1. The Kier molecular flexibility index (Phi) is 3.28. The van der Waals surface area contributed by atoms with Gasteiger partial charge in [-0.3, -0.25) is 4.40 Å². The van der Waals surface area contributed by atoms with E-state index in [9.17, 15) is 4.79 Å². The first kappa shape index (κ1) is 11.9. The van der Waals surface area contributed by atoms with Crippen molar-refractivity contribution >= 4 is 23.3 Å². The molecule has 0 bridgehead atoms. The third-order valence-corrected chi connectivity index (χ3v) is 2.55. The molecule has 2 rings (SSSR count). The maximum absolute atomic E-state index is 11.8. The maximum Gasteiger partial charge on any atom is 0.357 e. The minimum absolute atomic E-state index is 0.330. The van der Waals surface area contributed by atoms with Gasteiger partial charge >= 0.3 is 5.97 Å².